The summed E-state index contributed by atoms with van der Waals surface area (Å²) in [5, 5.41) is 8.48. The molecule has 0 atom stereocenters. The SMILES string of the molecule is COc1ccc(Br)cc1/C=C/C(=O)N(C)CCC#N. The molecule has 0 aliphatic heterocycles. The number of benzene rings is 1. The zero-order chi connectivity index (χ0) is 14.3. The Morgan fingerprint density at radius 1 is 1.58 bits per heavy atom. The zero-order valence-corrected chi connectivity index (χ0v) is 12.5. The Balaban J connectivity index is 2.78. The van der Waals surface area contributed by atoms with Crippen molar-refractivity contribution in [2.45, 2.75) is 6.42 Å². The zero-order valence-electron chi connectivity index (χ0n) is 10.9. The van der Waals surface area contributed by atoms with Crippen LogP contribution in [0.3, 0.4) is 0 Å². The first-order chi connectivity index (χ1) is 9.08. The van der Waals surface area contributed by atoms with E-state index in [0.29, 0.717) is 18.7 Å². The van der Waals surface area contributed by atoms with E-state index in [1.807, 2.05) is 24.3 Å². The van der Waals surface area contributed by atoms with Gasteiger partial charge < -0.3 is 9.64 Å². The number of nitriles is 1. The number of rotatable bonds is 5. The summed E-state index contributed by atoms with van der Waals surface area (Å²) in [6, 6.07) is 7.58. The van der Waals surface area contributed by atoms with Crippen LogP contribution in [0.25, 0.3) is 6.08 Å². The van der Waals surface area contributed by atoms with Crippen LogP contribution in [0.1, 0.15) is 12.0 Å². The van der Waals surface area contributed by atoms with Gasteiger partial charge in [-0.2, -0.15) is 5.26 Å². The molecule has 0 heterocycles. The minimum atomic E-state index is -0.141. The molecular formula is C14H15BrN2O2. The number of amides is 1. The second-order valence-electron chi connectivity index (χ2n) is 3.89. The largest absolute Gasteiger partial charge is 0.496 e. The van der Waals surface area contributed by atoms with Crippen LogP contribution in [-0.4, -0.2) is 31.5 Å². The van der Waals surface area contributed by atoms with E-state index in [9.17, 15) is 4.79 Å². The Labute approximate surface area is 121 Å². The smallest absolute Gasteiger partial charge is 0.246 e. The highest BCUT2D eigenvalue weighted by Crippen LogP contribution is 2.24. The van der Waals surface area contributed by atoms with E-state index in [4.69, 9.17) is 10.00 Å². The molecule has 1 amide bonds. The fourth-order valence-electron chi connectivity index (χ4n) is 1.45. The molecule has 1 aromatic rings. The Bertz CT molecular complexity index is 521. The van der Waals surface area contributed by atoms with E-state index in [1.54, 1.807) is 20.2 Å². The minimum Gasteiger partial charge on any atom is -0.496 e. The molecule has 0 bridgehead atoms. The number of nitrogens with zero attached hydrogens (tertiary/aromatic N) is 2. The number of halogens is 1. The molecule has 0 saturated carbocycles. The molecular weight excluding hydrogens is 308 g/mol. The highest BCUT2D eigenvalue weighted by Gasteiger charge is 2.05. The lowest BCUT2D eigenvalue weighted by Crippen LogP contribution is -2.25. The van der Waals surface area contributed by atoms with Crippen LogP contribution in [0.5, 0.6) is 5.75 Å². The average Bonchev–Trinajstić information content (AvgIpc) is 2.42. The van der Waals surface area contributed by atoms with Gasteiger partial charge in [0.2, 0.25) is 5.91 Å². The first-order valence-electron chi connectivity index (χ1n) is 5.72. The van der Waals surface area contributed by atoms with E-state index >= 15 is 0 Å². The highest BCUT2D eigenvalue weighted by molar-refractivity contribution is 9.10. The number of hydrogen-bond donors (Lipinski definition) is 0. The van der Waals surface area contributed by atoms with Crippen molar-refractivity contribution < 1.29 is 9.53 Å². The molecule has 0 aliphatic rings. The monoisotopic (exact) mass is 322 g/mol. The lowest BCUT2D eigenvalue weighted by atomic mass is 10.2. The van der Waals surface area contributed by atoms with Crippen molar-refractivity contribution >= 4 is 27.9 Å². The maximum atomic E-state index is 11.8. The highest BCUT2D eigenvalue weighted by atomic mass is 79.9. The second-order valence-corrected chi connectivity index (χ2v) is 4.80. The molecule has 1 aromatic carbocycles. The number of hydrogen-bond acceptors (Lipinski definition) is 3. The maximum Gasteiger partial charge on any atom is 0.246 e. The number of carbonyl (C=O) groups excluding carboxylic acids is 1. The standard InChI is InChI=1S/C14H15BrN2O2/c1-17(9-3-8-16)14(18)7-4-11-10-12(15)5-6-13(11)19-2/h4-7,10H,3,9H2,1-2H3/b7-4+. The topological polar surface area (TPSA) is 53.3 Å². The van der Waals surface area contributed by atoms with Gasteiger partial charge in [-0.15, -0.1) is 0 Å². The molecule has 0 fully saturated rings. The molecule has 0 radical (unpaired) electrons. The van der Waals surface area contributed by atoms with Crippen LogP contribution in [0.2, 0.25) is 0 Å². The predicted octanol–water partition coefficient (Wildman–Crippen LogP) is 2.84. The molecule has 0 N–H and O–H groups in total. The molecule has 4 nitrogen and oxygen atoms in total. The maximum absolute atomic E-state index is 11.8. The summed E-state index contributed by atoms with van der Waals surface area (Å²) in [5.74, 6) is 0.559. The Hall–Kier alpha value is -1.80. The second kappa shape index (κ2) is 7.59. The normalized spacial score (nSPS) is 10.2. The van der Waals surface area contributed by atoms with E-state index in [-0.39, 0.29) is 5.91 Å². The summed E-state index contributed by atoms with van der Waals surface area (Å²) in [4.78, 5) is 13.3. The molecule has 0 spiro atoms. The summed E-state index contributed by atoms with van der Waals surface area (Å²) in [6.07, 6.45) is 3.51. The van der Waals surface area contributed by atoms with E-state index in [0.717, 1.165) is 10.0 Å². The molecule has 19 heavy (non-hydrogen) atoms. The van der Waals surface area contributed by atoms with E-state index in [2.05, 4.69) is 15.9 Å². The molecule has 0 aliphatic carbocycles. The first kappa shape index (κ1) is 15.3. The van der Waals surface area contributed by atoms with Gasteiger partial charge in [0.05, 0.1) is 19.6 Å². The average molecular weight is 323 g/mol. The third kappa shape index (κ3) is 4.76. The molecule has 5 heteroatoms. The molecule has 1 rings (SSSR count). The summed E-state index contributed by atoms with van der Waals surface area (Å²) in [6.45, 7) is 0.426. The van der Waals surface area contributed by atoms with Crippen molar-refractivity contribution in [1.82, 2.24) is 4.90 Å². The quantitative estimate of drug-likeness (QED) is 0.783. The van der Waals surface area contributed by atoms with Crippen molar-refractivity contribution in [2.75, 3.05) is 20.7 Å². The van der Waals surface area contributed by atoms with E-state index < -0.39 is 0 Å². The Morgan fingerprint density at radius 2 is 2.32 bits per heavy atom. The lowest BCUT2D eigenvalue weighted by molar-refractivity contribution is -0.124. The molecule has 0 aromatic heterocycles. The van der Waals surface area contributed by atoms with Gasteiger partial charge in [0, 0.05) is 29.7 Å². The van der Waals surface area contributed by atoms with Crippen LogP contribution in [0.15, 0.2) is 28.7 Å². The van der Waals surface area contributed by atoms with Gasteiger partial charge in [-0.3, -0.25) is 4.79 Å². The summed E-state index contributed by atoms with van der Waals surface area (Å²) in [7, 11) is 3.25. The van der Waals surface area contributed by atoms with Gasteiger partial charge in [0.15, 0.2) is 0 Å². The van der Waals surface area contributed by atoms with E-state index in [1.165, 1.54) is 11.0 Å². The van der Waals surface area contributed by atoms with Gasteiger partial charge in [-0.25, -0.2) is 0 Å². The third-order valence-electron chi connectivity index (χ3n) is 2.53. The van der Waals surface area contributed by atoms with Crippen LogP contribution < -0.4 is 4.74 Å². The molecule has 100 valence electrons. The minimum absolute atomic E-state index is 0.141. The number of carbonyl (C=O) groups is 1. The Morgan fingerprint density at radius 3 is 2.95 bits per heavy atom. The summed E-state index contributed by atoms with van der Waals surface area (Å²) >= 11 is 3.37. The first-order valence-corrected chi connectivity index (χ1v) is 6.51. The number of likely N-dealkylation sites (N-methyl/N-ethyl adjacent to an activating group) is 1. The predicted molar refractivity (Wildman–Crippen MR) is 77.6 cm³/mol. The van der Waals surface area contributed by atoms with Crippen molar-refractivity contribution in [1.29, 1.82) is 5.26 Å². The fourth-order valence-corrected chi connectivity index (χ4v) is 1.83. The van der Waals surface area contributed by atoms with Gasteiger partial charge in [-0.05, 0) is 24.3 Å². The number of methoxy groups -OCH3 is 1. The third-order valence-corrected chi connectivity index (χ3v) is 3.03. The summed E-state index contributed by atoms with van der Waals surface area (Å²) in [5.41, 5.74) is 0.818. The number of ether oxygens (including phenoxy) is 1. The van der Waals surface area contributed by atoms with Crippen molar-refractivity contribution in [3.8, 4) is 11.8 Å². The summed E-state index contributed by atoms with van der Waals surface area (Å²) < 4.78 is 6.13. The van der Waals surface area contributed by atoms with Crippen LogP contribution in [0, 0.1) is 11.3 Å². The van der Waals surface area contributed by atoms with Crippen molar-refractivity contribution in [3.05, 3.63) is 34.3 Å². The molecule has 0 saturated heterocycles. The van der Waals surface area contributed by atoms with Gasteiger partial charge >= 0.3 is 0 Å². The van der Waals surface area contributed by atoms with Crippen LogP contribution >= 0.6 is 15.9 Å². The lowest BCUT2D eigenvalue weighted by Gasteiger charge is -2.12. The van der Waals surface area contributed by atoms with Gasteiger partial charge in [0.1, 0.15) is 5.75 Å². The fraction of sp³-hybridized carbons (Fsp3) is 0.286. The van der Waals surface area contributed by atoms with Gasteiger partial charge in [-0.1, -0.05) is 15.9 Å². The van der Waals surface area contributed by atoms with Crippen molar-refractivity contribution in [2.24, 2.45) is 0 Å². The van der Waals surface area contributed by atoms with Crippen LogP contribution in [-0.2, 0) is 4.79 Å². The molecule has 0 unspecified atom stereocenters. The van der Waals surface area contributed by atoms with Crippen LogP contribution in [0.4, 0.5) is 0 Å². The van der Waals surface area contributed by atoms with Crippen molar-refractivity contribution in [3.63, 3.8) is 0 Å². The van der Waals surface area contributed by atoms with Gasteiger partial charge in [0.25, 0.3) is 0 Å². The Kier molecular flexibility index (Phi) is 6.10.